The molecule has 1 aromatic carbocycles. The SMILES string of the molecule is CSCCC(NC(=O)C(C)n1nnc2ccccc2c1=O)C(=O)O. The predicted octanol–water partition coefficient (Wildman–Crippen LogP) is 0.675. The zero-order valence-electron chi connectivity index (χ0n) is 13.3. The molecule has 1 heterocycles. The summed E-state index contributed by atoms with van der Waals surface area (Å²) in [6.07, 6.45) is 2.15. The first-order valence-electron chi connectivity index (χ1n) is 7.32. The second kappa shape index (κ2) is 7.91. The maximum atomic E-state index is 12.4. The van der Waals surface area contributed by atoms with E-state index < -0.39 is 29.5 Å². The van der Waals surface area contributed by atoms with Gasteiger partial charge in [0.2, 0.25) is 5.91 Å². The molecular formula is C15H18N4O4S. The lowest BCUT2D eigenvalue weighted by atomic mass is 10.2. The summed E-state index contributed by atoms with van der Waals surface area (Å²) in [6, 6.07) is 4.72. The molecule has 24 heavy (non-hydrogen) atoms. The average Bonchev–Trinajstić information content (AvgIpc) is 2.58. The van der Waals surface area contributed by atoms with Crippen LogP contribution in [0, 0.1) is 0 Å². The number of amides is 1. The van der Waals surface area contributed by atoms with Gasteiger partial charge in [0.1, 0.15) is 17.6 Å². The summed E-state index contributed by atoms with van der Waals surface area (Å²) < 4.78 is 0.963. The van der Waals surface area contributed by atoms with Crippen LogP contribution < -0.4 is 10.9 Å². The van der Waals surface area contributed by atoms with Crippen molar-refractivity contribution in [2.45, 2.75) is 25.4 Å². The summed E-state index contributed by atoms with van der Waals surface area (Å²) in [7, 11) is 0. The third kappa shape index (κ3) is 3.91. The van der Waals surface area contributed by atoms with Crippen molar-refractivity contribution in [3.05, 3.63) is 34.6 Å². The van der Waals surface area contributed by atoms with Crippen LogP contribution in [0.2, 0.25) is 0 Å². The lowest BCUT2D eigenvalue weighted by Gasteiger charge is -2.18. The average molecular weight is 350 g/mol. The summed E-state index contributed by atoms with van der Waals surface area (Å²) >= 11 is 1.49. The molecule has 9 heteroatoms. The van der Waals surface area contributed by atoms with Crippen LogP contribution in [0.1, 0.15) is 19.4 Å². The van der Waals surface area contributed by atoms with Crippen molar-refractivity contribution in [1.29, 1.82) is 0 Å². The number of fused-ring (bicyclic) bond motifs is 1. The fraction of sp³-hybridized carbons (Fsp3) is 0.400. The number of thioether (sulfide) groups is 1. The van der Waals surface area contributed by atoms with Gasteiger partial charge >= 0.3 is 5.97 Å². The molecule has 0 saturated carbocycles. The van der Waals surface area contributed by atoms with Crippen LogP contribution in [0.5, 0.6) is 0 Å². The van der Waals surface area contributed by atoms with E-state index in [9.17, 15) is 19.5 Å². The molecule has 8 nitrogen and oxygen atoms in total. The van der Waals surface area contributed by atoms with Gasteiger partial charge in [-0.25, -0.2) is 4.79 Å². The number of nitrogens with one attached hydrogen (secondary N) is 1. The van der Waals surface area contributed by atoms with Crippen molar-refractivity contribution in [3.8, 4) is 0 Å². The Hall–Kier alpha value is -2.42. The molecule has 0 aliphatic heterocycles. The van der Waals surface area contributed by atoms with E-state index in [4.69, 9.17) is 0 Å². The number of hydrogen-bond donors (Lipinski definition) is 2. The van der Waals surface area contributed by atoms with E-state index in [0.29, 0.717) is 23.1 Å². The minimum atomic E-state index is -1.11. The van der Waals surface area contributed by atoms with Gasteiger partial charge in [0.25, 0.3) is 5.56 Å². The molecule has 2 N–H and O–H groups in total. The first-order chi connectivity index (χ1) is 11.5. The van der Waals surface area contributed by atoms with Crippen LogP contribution >= 0.6 is 11.8 Å². The van der Waals surface area contributed by atoms with Crippen molar-refractivity contribution < 1.29 is 14.7 Å². The second-order valence-electron chi connectivity index (χ2n) is 5.21. The Labute approximate surface area is 142 Å². The highest BCUT2D eigenvalue weighted by Crippen LogP contribution is 2.08. The lowest BCUT2D eigenvalue weighted by molar-refractivity contribution is -0.142. The van der Waals surface area contributed by atoms with Gasteiger partial charge in [-0.3, -0.25) is 9.59 Å². The highest BCUT2D eigenvalue weighted by atomic mass is 32.2. The summed E-state index contributed by atoms with van der Waals surface area (Å²) in [5, 5.41) is 19.7. The lowest BCUT2D eigenvalue weighted by Crippen LogP contribution is -2.45. The Kier molecular flexibility index (Phi) is 5.91. The number of carboxylic acids is 1. The molecule has 0 saturated heterocycles. The number of aliphatic carboxylic acids is 1. The van der Waals surface area contributed by atoms with Crippen molar-refractivity contribution in [1.82, 2.24) is 20.3 Å². The Bertz CT molecular complexity index is 807. The Balaban J connectivity index is 2.23. The summed E-state index contributed by atoms with van der Waals surface area (Å²) in [5.74, 6) is -1.10. The predicted molar refractivity (Wildman–Crippen MR) is 91.1 cm³/mol. The molecule has 0 aliphatic carbocycles. The highest BCUT2D eigenvalue weighted by molar-refractivity contribution is 7.98. The number of carbonyl (C=O) groups excluding carboxylic acids is 1. The number of rotatable bonds is 7. The normalized spacial score (nSPS) is 13.4. The third-order valence-electron chi connectivity index (χ3n) is 3.56. The highest BCUT2D eigenvalue weighted by Gasteiger charge is 2.25. The van der Waals surface area contributed by atoms with E-state index in [1.807, 2.05) is 6.26 Å². The van der Waals surface area contributed by atoms with Crippen LogP contribution in [-0.2, 0) is 9.59 Å². The van der Waals surface area contributed by atoms with Crippen LogP contribution in [0.15, 0.2) is 29.1 Å². The second-order valence-corrected chi connectivity index (χ2v) is 6.20. The number of aromatic nitrogens is 3. The molecule has 2 aromatic rings. The maximum absolute atomic E-state index is 12.4. The Morgan fingerprint density at radius 1 is 1.38 bits per heavy atom. The third-order valence-corrected chi connectivity index (χ3v) is 4.21. The molecular weight excluding hydrogens is 332 g/mol. The number of hydrogen-bond acceptors (Lipinski definition) is 6. The van der Waals surface area contributed by atoms with Gasteiger partial charge in [-0.2, -0.15) is 16.4 Å². The van der Waals surface area contributed by atoms with Crippen molar-refractivity contribution in [2.24, 2.45) is 0 Å². The Morgan fingerprint density at radius 2 is 2.08 bits per heavy atom. The fourth-order valence-electron chi connectivity index (χ4n) is 2.15. The zero-order chi connectivity index (χ0) is 17.7. The molecule has 0 radical (unpaired) electrons. The summed E-state index contributed by atoms with van der Waals surface area (Å²) in [6.45, 7) is 1.48. The minimum Gasteiger partial charge on any atom is -0.480 e. The van der Waals surface area contributed by atoms with E-state index in [1.54, 1.807) is 24.3 Å². The van der Waals surface area contributed by atoms with Crippen LogP contribution in [0.4, 0.5) is 0 Å². The van der Waals surface area contributed by atoms with Gasteiger partial charge in [0, 0.05) is 0 Å². The molecule has 1 amide bonds. The molecule has 0 aliphatic rings. The fourth-order valence-corrected chi connectivity index (χ4v) is 2.62. The largest absolute Gasteiger partial charge is 0.480 e. The topological polar surface area (TPSA) is 114 Å². The standard InChI is InChI=1S/C15H18N4O4S/c1-9(13(20)16-12(15(22)23)7-8-24-2)19-14(21)10-5-3-4-6-11(10)17-18-19/h3-6,9,12H,7-8H2,1-2H3,(H,16,20)(H,22,23). The van der Waals surface area contributed by atoms with Crippen LogP contribution in [-0.4, -0.2) is 50.0 Å². The van der Waals surface area contributed by atoms with Crippen LogP contribution in [0.3, 0.4) is 0 Å². The first kappa shape index (κ1) is 17.9. The van der Waals surface area contributed by atoms with E-state index >= 15 is 0 Å². The number of nitrogens with zero attached hydrogens (tertiary/aromatic N) is 3. The van der Waals surface area contributed by atoms with E-state index in [-0.39, 0.29) is 0 Å². The molecule has 128 valence electrons. The number of carboxylic acid groups (broad SMARTS) is 1. The molecule has 2 unspecified atom stereocenters. The quantitative estimate of drug-likeness (QED) is 0.754. The van der Waals surface area contributed by atoms with E-state index in [0.717, 1.165) is 4.68 Å². The number of benzene rings is 1. The molecule has 2 atom stereocenters. The van der Waals surface area contributed by atoms with E-state index in [2.05, 4.69) is 15.6 Å². The molecule has 0 fully saturated rings. The van der Waals surface area contributed by atoms with Crippen molar-refractivity contribution >= 4 is 34.5 Å². The van der Waals surface area contributed by atoms with Gasteiger partial charge in [-0.1, -0.05) is 17.3 Å². The summed E-state index contributed by atoms with van der Waals surface area (Å²) in [5.41, 5.74) is -0.00557. The zero-order valence-corrected chi connectivity index (χ0v) is 14.1. The monoisotopic (exact) mass is 350 g/mol. The van der Waals surface area contributed by atoms with Gasteiger partial charge < -0.3 is 10.4 Å². The van der Waals surface area contributed by atoms with Gasteiger partial charge in [-0.05, 0) is 37.5 Å². The molecule has 0 spiro atoms. The van der Waals surface area contributed by atoms with Crippen molar-refractivity contribution in [3.63, 3.8) is 0 Å². The van der Waals surface area contributed by atoms with E-state index in [1.165, 1.54) is 18.7 Å². The van der Waals surface area contributed by atoms with Crippen LogP contribution in [0.25, 0.3) is 10.9 Å². The maximum Gasteiger partial charge on any atom is 0.326 e. The molecule has 1 aromatic heterocycles. The Morgan fingerprint density at radius 3 is 2.75 bits per heavy atom. The minimum absolute atomic E-state index is 0.299. The molecule has 2 rings (SSSR count). The first-order valence-corrected chi connectivity index (χ1v) is 8.71. The van der Waals surface area contributed by atoms with Crippen molar-refractivity contribution in [2.75, 3.05) is 12.0 Å². The number of carbonyl (C=O) groups is 2. The summed E-state index contributed by atoms with van der Waals surface area (Å²) in [4.78, 5) is 35.9. The smallest absolute Gasteiger partial charge is 0.326 e. The van der Waals surface area contributed by atoms with Gasteiger partial charge in [-0.15, -0.1) is 5.10 Å². The van der Waals surface area contributed by atoms with Gasteiger partial charge in [0.05, 0.1) is 5.39 Å². The molecule has 0 bridgehead atoms. The van der Waals surface area contributed by atoms with Gasteiger partial charge in [0.15, 0.2) is 0 Å².